The maximum absolute atomic E-state index is 12.7. The Bertz CT molecular complexity index is 662. The Balaban J connectivity index is 1.66. The van der Waals surface area contributed by atoms with Gasteiger partial charge in [0.1, 0.15) is 5.00 Å². The Morgan fingerprint density at radius 1 is 1.27 bits per heavy atom. The summed E-state index contributed by atoms with van der Waals surface area (Å²) in [5.74, 6) is -0.131. The van der Waals surface area contributed by atoms with Crippen LogP contribution in [-0.4, -0.2) is 35.5 Å². The van der Waals surface area contributed by atoms with Crippen LogP contribution in [0.25, 0.3) is 0 Å². The van der Waals surface area contributed by atoms with Gasteiger partial charge in [-0.1, -0.05) is 26.2 Å². The molecule has 26 heavy (non-hydrogen) atoms. The largest absolute Gasteiger partial charge is 0.478 e. The number of unbranched alkanes of at least 4 members (excludes halogenated alkanes) is 1. The summed E-state index contributed by atoms with van der Waals surface area (Å²) >= 11 is 1.44. The van der Waals surface area contributed by atoms with Crippen LogP contribution in [0.3, 0.4) is 0 Å². The second kappa shape index (κ2) is 8.53. The van der Waals surface area contributed by atoms with Gasteiger partial charge in [0.2, 0.25) is 5.91 Å². The molecule has 2 heterocycles. The van der Waals surface area contributed by atoms with Crippen molar-refractivity contribution in [2.45, 2.75) is 64.8 Å². The second-order valence-electron chi connectivity index (χ2n) is 7.85. The summed E-state index contributed by atoms with van der Waals surface area (Å²) in [5, 5.41) is 13.2. The number of fused-ring (bicyclic) bond motifs is 1. The monoisotopic (exact) mass is 378 g/mol. The topological polar surface area (TPSA) is 69.6 Å². The van der Waals surface area contributed by atoms with Gasteiger partial charge in [-0.2, -0.15) is 0 Å². The molecule has 1 aromatic heterocycles. The zero-order valence-electron chi connectivity index (χ0n) is 15.8. The van der Waals surface area contributed by atoms with Gasteiger partial charge in [0.15, 0.2) is 0 Å². The molecule has 1 saturated carbocycles. The number of carboxylic acid groups (broad SMARTS) is 1. The van der Waals surface area contributed by atoms with E-state index in [1.54, 1.807) is 0 Å². The molecule has 0 aromatic carbocycles. The summed E-state index contributed by atoms with van der Waals surface area (Å²) in [7, 11) is 2.04. The van der Waals surface area contributed by atoms with Gasteiger partial charge in [-0.25, -0.2) is 4.79 Å². The highest BCUT2D eigenvalue weighted by atomic mass is 32.1. The summed E-state index contributed by atoms with van der Waals surface area (Å²) in [6.07, 6.45) is 8.62. The van der Waals surface area contributed by atoms with Crippen LogP contribution in [-0.2, 0) is 17.8 Å². The molecule has 0 unspecified atom stereocenters. The summed E-state index contributed by atoms with van der Waals surface area (Å²) in [5.41, 5.74) is 1.24. The highest BCUT2D eigenvalue weighted by Gasteiger charge is 2.30. The van der Waals surface area contributed by atoms with Gasteiger partial charge >= 0.3 is 5.97 Å². The van der Waals surface area contributed by atoms with Gasteiger partial charge in [0.05, 0.1) is 5.56 Å². The lowest BCUT2D eigenvalue weighted by Gasteiger charge is -2.27. The molecule has 2 aliphatic rings. The first-order valence-corrected chi connectivity index (χ1v) is 10.7. The molecule has 1 fully saturated rings. The zero-order chi connectivity index (χ0) is 18.7. The molecule has 144 valence electrons. The van der Waals surface area contributed by atoms with Crippen LogP contribution in [0.1, 0.15) is 72.7 Å². The molecule has 0 saturated heterocycles. The Hall–Kier alpha value is -1.40. The quantitative estimate of drug-likeness (QED) is 0.771. The van der Waals surface area contributed by atoms with E-state index in [0.717, 1.165) is 61.6 Å². The van der Waals surface area contributed by atoms with Crippen LogP contribution < -0.4 is 5.32 Å². The highest BCUT2D eigenvalue weighted by molar-refractivity contribution is 7.17. The number of thiophene rings is 1. The average molecular weight is 379 g/mol. The fraction of sp³-hybridized carbons (Fsp3) is 0.700. The van der Waals surface area contributed by atoms with Crippen LogP contribution in [0.2, 0.25) is 0 Å². The summed E-state index contributed by atoms with van der Waals surface area (Å²) in [4.78, 5) is 27.8. The normalized spacial score (nSPS) is 23.5. The lowest BCUT2D eigenvalue weighted by atomic mass is 9.79. The molecule has 0 bridgehead atoms. The number of hydrogen-bond acceptors (Lipinski definition) is 4. The molecule has 0 radical (unpaired) electrons. The van der Waals surface area contributed by atoms with Crippen LogP contribution >= 0.6 is 11.3 Å². The predicted molar refractivity (Wildman–Crippen MR) is 105 cm³/mol. The Morgan fingerprint density at radius 3 is 2.65 bits per heavy atom. The highest BCUT2D eigenvalue weighted by Crippen LogP contribution is 2.38. The second-order valence-corrected chi connectivity index (χ2v) is 8.96. The van der Waals surface area contributed by atoms with Crippen molar-refractivity contribution >= 4 is 28.2 Å². The van der Waals surface area contributed by atoms with E-state index in [4.69, 9.17) is 0 Å². The van der Waals surface area contributed by atoms with Gasteiger partial charge in [-0.3, -0.25) is 4.79 Å². The number of amides is 1. The number of aromatic carboxylic acids is 1. The van der Waals surface area contributed by atoms with Crippen LogP contribution in [0, 0.1) is 11.8 Å². The predicted octanol–water partition coefficient (Wildman–Crippen LogP) is 4.37. The van der Waals surface area contributed by atoms with E-state index in [1.165, 1.54) is 30.6 Å². The van der Waals surface area contributed by atoms with Crippen LogP contribution in [0.4, 0.5) is 5.00 Å². The lowest BCUT2D eigenvalue weighted by molar-refractivity contribution is -0.121. The first-order valence-electron chi connectivity index (χ1n) is 9.86. The molecule has 1 amide bonds. The van der Waals surface area contributed by atoms with E-state index in [2.05, 4.69) is 17.1 Å². The minimum Gasteiger partial charge on any atom is -0.478 e. The molecule has 6 heteroatoms. The maximum Gasteiger partial charge on any atom is 0.339 e. The van der Waals surface area contributed by atoms with Crippen molar-refractivity contribution in [1.29, 1.82) is 0 Å². The average Bonchev–Trinajstić information content (AvgIpc) is 2.97. The van der Waals surface area contributed by atoms with E-state index < -0.39 is 5.97 Å². The number of carboxylic acids is 1. The van der Waals surface area contributed by atoms with E-state index in [1.807, 2.05) is 7.05 Å². The van der Waals surface area contributed by atoms with E-state index in [0.29, 0.717) is 10.6 Å². The number of likely N-dealkylation sites (N-methyl/N-ethyl adjacent to an activating group) is 1. The fourth-order valence-corrected chi connectivity index (χ4v) is 5.59. The third-order valence-corrected chi connectivity index (χ3v) is 7.01. The molecule has 0 atom stereocenters. The van der Waals surface area contributed by atoms with Gasteiger partial charge in [0.25, 0.3) is 0 Å². The summed E-state index contributed by atoms with van der Waals surface area (Å²) in [6.45, 7) is 3.84. The molecule has 5 nitrogen and oxygen atoms in total. The zero-order valence-corrected chi connectivity index (χ0v) is 16.7. The molecule has 0 spiro atoms. The van der Waals surface area contributed by atoms with Crippen molar-refractivity contribution in [3.63, 3.8) is 0 Å². The first-order chi connectivity index (χ1) is 12.5. The number of carbonyl (C=O) groups excluding carboxylic acids is 1. The molecule has 3 rings (SSSR count). The van der Waals surface area contributed by atoms with Gasteiger partial charge < -0.3 is 15.3 Å². The van der Waals surface area contributed by atoms with Gasteiger partial charge in [-0.15, -0.1) is 11.3 Å². The minimum absolute atomic E-state index is 0.00777. The van der Waals surface area contributed by atoms with Gasteiger partial charge in [0, 0.05) is 23.9 Å². The Kier molecular flexibility index (Phi) is 6.35. The van der Waals surface area contributed by atoms with E-state index in [-0.39, 0.29) is 11.8 Å². The standard InChI is InChI=1S/C20H30N2O3S/c1-3-4-5-13-6-8-14(9-7-13)18(23)21-19-17(20(24)25)15-10-11-22(2)12-16(15)26-19/h13-14H,3-12H2,1-2H3,(H,21,23)(H,24,25). The molecule has 1 aliphatic carbocycles. The SMILES string of the molecule is CCCCC1CCC(C(=O)Nc2sc3c(c2C(=O)O)CCN(C)C3)CC1. The number of carbonyl (C=O) groups is 2. The van der Waals surface area contributed by atoms with E-state index in [9.17, 15) is 14.7 Å². The molecular weight excluding hydrogens is 348 g/mol. The van der Waals surface area contributed by atoms with Crippen molar-refractivity contribution in [1.82, 2.24) is 4.90 Å². The molecular formula is C20H30N2O3S. The first kappa shape index (κ1) is 19.4. The molecule has 1 aromatic rings. The van der Waals surface area contributed by atoms with Crippen molar-refractivity contribution in [3.05, 3.63) is 16.0 Å². The third kappa shape index (κ3) is 4.29. The smallest absolute Gasteiger partial charge is 0.339 e. The number of nitrogens with one attached hydrogen (secondary N) is 1. The van der Waals surface area contributed by atoms with Crippen molar-refractivity contribution in [3.8, 4) is 0 Å². The Labute approximate surface area is 159 Å². The fourth-order valence-electron chi connectivity index (χ4n) is 4.27. The van der Waals surface area contributed by atoms with Gasteiger partial charge in [-0.05, 0) is 50.6 Å². The van der Waals surface area contributed by atoms with Crippen molar-refractivity contribution < 1.29 is 14.7 Å². The van der Waals surface area contributed by atoms with Crippen LogP contribution in [0.5, 0.6) is 0 Å². The lowest BCUT2D eigenvalue weighted by Crippen LogP contribution is -2.28. The summed E-state index contributed by atoms with van der Waals surface area (Å²) in [6, 6.07) is 0. The number of anilines is 1. The molecule has 2 N–H and O–H groups in total. The number of hydrogen-bond donors (Lipinski definition) is 2. The Morgan fingerprint density at radius 2 is 2.00 bits per heavy atom. The number of nitrogens with zero attached hydrogens (tertiary/aromatic N) is 1. The van der Waals surface area contributed by atoms with Crippen molar-refractivity contribution in [2.24, 2.45) is 11.8 Å². The molecule has 1 aliphatic heterocycles. The number of rotatable bonds is 6. The maximum atomic E-state index is 12.7. The summed E-state index contributed by atoms with van der Waals surface area (Å²) < 4.78 is 0. The van der Waals surface area contributed by atoms with Crippen LogP contribution in [0.15, 0.2) is 0 Å². The van der Waals surface area contributed by atoms with E-state index >= 15 is 0 Å². The van der Waals surface area contributed by atoms with Crippen molar-refractivity contribution in [2.75, 3.05) is 18.9 Å². The third-order valence-electron chi connectivity index (χ3n) is 5.88. The minimum atomic E-state index is -0.925.